The molecule has 2 fully saturated rings. The van der Waals surface area contributed by atoms with Gasteiger partial charge in [0, 0.05) is 12.8 Å². The zero-order valence-corrected chi connectivity index (χ0v) is 46.3. The number of allylic oxidation sites excluding steroid dienone is 4. The number of carbonyl (C=O) groups excluding carboxylic acids is 2. The molecule has 0 aromatic heterocycles. The Morgan fingerprint density at radius 1 is 0.419 bits per heavy atom. The Balaban J connectivity index is 1.74. The van der Waals surface area contributed by atoms with E-state index in [0.717, 1.165) is 38.5 Å². The minimum absolute atomic E-state index is 0.161. The average molecular weight is 1060 g/mol. The van der Waals surface area contributed by atoms with Gasteiger partial charge in [0.05, 0.1) is 19.8 Å². The summed E-state index contributed by atoms with van der Waals surface area (Å²) in [5.74, 6) is -0.961. The van der Waals surface area contributed by atoms with Crippen LogP contribution >= 0.6 is 0 Å². The first kappa shape index (κ1) is 68.1. The molecule has 0 aliphatic carbocycles. The number of esters is 2. The molecule has 0 radical (unpaired) electrons. The highest BCUT2D eigenvalue weighted by Gasteiger charge is 2.47. The molecule has 15 nitrogen and oxygen atoms in total. The summed E-state index contributed by atoms with van der Waals surface area (Å²) in [4.78, 5) is 25.9. The summed E-state index contributed by atoms with van der Waals surface area (Å²) in [7, 11) is 0. The molecular weight excluding hydrogens is 949 g/mol. The Bertz CT molecular complexity index is 1380. The lowest BCUT2D eigenvalue weighted by Gasteiger charge is -2.42. The van der Waals surface area contributed by atoms with E-state index in [2.05, 4.69) is 38.2 Å². The highest BCUT2D eigenvalue weighted by Crippen LogP contribution is 2.27. The van der Waals surface area contributed by atoms with Crippen LogP contribution in [0.5, 0.6) is 0 Å². The van der Waals surface area contributed by atoms with Crippen LogP contribution in [0.1, 0.15) is 245 Å². The smallest absolute Gasteiger partial charge is 0.306 e. The normalized spacial score (nSPS) is 24.8. The second kappa shape index (κ2) is 45.9. The minimum Gasteiger partial charge on any atom is -0.462 e. The summed E-state index contributed by atoms with van der Waals surface area (Å²) in [6, 6.07) is 0. The Labute approximate surface area is 447 Å². The van der Waals surface area contributed by atoms with E-state index in [9.17, 15) is 45.3 Å². The summed E-state index contributed by atoms with van der Waals surface area (Å²) in [5.41, 5.74) is 0. The summed E-state index contributed by atoms with van der Waals surface area (Å²) in [5, 5.41) is 72.3. The molecule has 2 aliphatic rings. The molecule has 0 bridgehead atoms. The van der Waals surface area contributed by atoms with Crippen molar-refractivity contribution < 1.29 is 73.8 Å². The van der Waals surface area contributed by atoms with E-state index in [1.807, 2.05) is 0 Å². The number of hydrogen-bond acceptors (Lipinski definition) is 15. The maximum absolute atomic E-state index is 13.0. The van der Waals surface area contributed by atoms with Gasteiger partial charge in [0.25, 0.3) is 0 Å². The Hall–Kier alpha value is -2.02. The fourth-order valence-corrected chi connectivity index (χ4v) is 9.53. The van der Waals surface area contributed by atoms with Gasteiger partial charge in [0.1, 0.15) is 55.4 Å². The van der Waals surface area contributed by atoms with Crippen LogP contribution in [0.4, 0.5) is 0 Å². The highest BCUT2D eigenvalue weighted by atomic mass is 16.7. The van der Waals surface area contributed by atoms with Crippen molar-refractivity contribution in [2.75, 3.05) is 26.4 Å². The van der Waals surface area contributed by atoms with E-state index in [1.54, 1.807) is 0 Å². The molecule has 0 spiro atoms. The van der Waals surface area contributed by atoms with Crippen molar-refractivity contribution in [2.45, 2.75) is 313 Å². The van der Waals surface area contributed by atoms with Crippen molar-refractivity contribution in [3.8, 4) is 0 Å². The Morgan fingerprint density at radius 3 is 1.27 bits per heavy atom. The van der Waals surface area contributed by atoms with Crippen LogP contribution in [0.15, 0.2) is 24.3 Å². The molecule has 0 amide bonds. The molecule has 11 atom stereocenters. The van der Waals surface area contributed by atoms with Crippen LogP contribution in [0.25, 0.3) is 0 Å². The van der Waals surface area contributed by atoms with Crippen LogP contribution in [-0.4, -0.2) is 142 Å². The van der Waals surface area contributed by atoms with Gasteiger partial charge >= 0.3 is 11.9 Å². The predicted molar refractivity (Wildman–Crippen MR) is 289 cm³/mol. The monoisotopic (exact) mass is 1060 g/mol. The molecular formula is C59H108O15. The van der Waals surface area contributed by atoms with Crippen LogP contribution in [0, 0.1) is 0 Å². The lowest BCUT2D eigenvalue weighted by atomic mass is 9.98. The zero-order valence-electron chi connectivity index (χ0n) is 46.3. The molecule has 74 heavy (non-hydrogen) atoms. The maximum atomic E-state index is 13.0. The fourth-order valence-electron chi connectivity index (χ4n) is 9.53. The fraction of sp³-hybridized carbons (Fsp3) is 0.898. The topological polar surface area (TPSA) is 231 Å². The standard InChI is InChI=1S/C59H108O15/c1-3-5-7-9-11-13-15-17-19-20-21-22-23-24-25-26-28-29-31-33-35-37-39-41-50(61)69-44-47(72-51(62)42-40-38-36-34-32-30-27-18-16-14-12-10-8-6-4-2)45-70-58-57(68)55(66)53(64)49(74-58)46-71-59-56(67)54(65)52(63)48(43-60)73-59/h26,28,33,35,47-49,52-60,63-68H,3-25,27,29-32,34,36-46H2,1-2H3/b28-26+,35-33+/t47-,48+,49+,52-,53-,54?,55?,56?,57?,58+,59+/m0/s1. The minimum atomic E-state index is -1.77. The van der Waals surface area contributed by atoms with Gasteiger partial charge in [-0.15, -0.1) is 0 Å². The predicted octanol–water partition coefficient (Wildman–Crippen LogP) is 10.3. The van der Waals surface area contributed by atoms with Gasteiger partial charge < -0.3 is 64.2 Å². The zero-order chi connectivity index (χ0) is 53.9. The van der Waals surface area contributed by atoms with E-state index < -0.39 is 92.7 Å². The average Bonchev–Trinajstić information content (AvgIpc) is 3.39. The second-order valence-corrected chi connectivity index (χ2v) is 21.2. The van der Waals surface area contributed by atoms with Gasteiger partial charge in [-0.2, -0.15) is 0 Å². The molecule has 4 unspecified atom stereocenters. The first-order chi connectivity index (χ1) is 36.0. The lowest BCUT2D eigenvalue weighted by molar-refractivity contribution is -0.332. The summed E-state index contributed by atoms with van der Waals surface area (Å²) in [6.07, 6.45) is 33.6. The van der Waals surface area contributed by atoms with Crippen LogP contribution in [-0.2, 0) is 38.0 Å². The van der Waals surface area contributed by atoms with Crippen molar-refractivity contribution in [3.63, 3.8) is 0 Å². The summed E-state index contributed by atoms with van der Waals surface area (Å²) < 4.78 is 33.7. The molecule has 0 aromatic rings. The van der Waals surface area contributed by atoms with E-state index in [-0.39, 0.29) is 26.1 Å². The third-order valence-electron chi connectivity index (χ3n) is 14.4. The summed E-state index contributed by atoms with van der Waals surface area (Å²) >= 11 is 0. The third-order valence-corrected chi connectivity index (χ3v) is 14.4. The first-order valence-electron chi connectivity index (χ1n) is 29.9. The van der Waals surface area contributed by atoms with Crippen LogP contribution < -0.4 is 0 Å². The van der Waals surface area contributed by atoms with Crippen molar-refractivity contribution >= 4 is 11.9 Å². The van der Waals surface area contributed by atoms with Gasteiger partial charge in [0.2, 0.25) is 0 Å². The van der Waals surface area contributed by atoms with Crippen molar-refractivity contribution in [1.29, 1.82) is 0 Å². The van der Waals surface area contributed by atoms with Gasteiger partial charge in [-0.05, 0) is 44.9 Å². The first-order valence-corrected chi connectivity index (χ1v) is 29.9. The van der Waals surface area contributed by atoms with Crippen LogP contribution in [0.3, 0.4) is 0 Å². The number of aliphatic hydroxyl groups is 7. The Morgan fingerprint density at radius 2 is 0.797 bits per heavy atom. The molecule has 15 heteroatoms. The van der Waals surface area contributed by atoms with Gasteiger partial charge in [-0.3, -0.25) is 9.59 Å². The lowest BCUT2D eigenvalue weighted by Crippen LogP contribution is -2.61. The maximum Gasteiger partial charge on any atom is 0.306 e. The number of rotatable bonds is 48. The number of carbonyl (C=O) groups is 2. The molecule has 7 N–H and O–H groups in total. The molecule has 434 valence electrons. The van der Waals surface area contributed by atoms with Gasteiger partial charge in [0.15, 0.2) is 18.7 Å². The quantitative estimate of drug-likeness (QED) is 0.0171. The summed E-state index contributed by atoms with van der Waals surface area (Å²) in [6.45, 7) is 2.60. The number of hydrogen-bond donors (Lipinski definition) is 7. The number of aliphatic hydroxyl groups excluding tert-OH is 7. The third kappa shape index (κ3) is 32.7. The van der Waals surface area contributed by atoms with E-state index >= 15 is 0 Å². The number of ether oxygens (including phenoxy) is 6. The SMILES string of the molecule is CCCCCCCCCCCCCCCC/C=C/CC/C=C/CCCC(=O)OC[C@@H](CO[C@@H]1O[C@H](CO[C@@H]2O[C@H](CO)[C@H](O)C(O)C2O)[C@H](O)C(O)C1O)OC(=O)CCCCCCCCCCCCCCCCC. The highest BCUT2D eigenvalue weighted by molar-refractivity contribution is 5.70. The largest absolute Gasteiger partial charge is 0.462 e. The molecule has 2 saturated heterocycles. The second-order valence-electron chi connectivity index (χ2n) is 21.2. The van der Waals surface area contributed by atoms with E-state index in [4.69, 9.17) is 28.4 Å². The van der Waals surface area contributed by atoms with Crippen molar-refractivity contribution in [3.05, 3.63) is 24.3 Å². The molecule has 2 heterocycles. The van der Waals surface area contributed by atoms with Crippen molar-refractivity contribution in [2.24, 2.45) is 0 Å². The van der Waals surface area contributed by atoms with Crippen LogP contribution in [0.2, 0.25) is 0 Å². The van der Waals surface area contributed by atoms with E-state index in [0.29, 0.717) is 19.3 Å². The molecule has 2 rings (SSSR count). The van der Waals surface area contributed by atoms with E-state index in [1.165, 1.54) is 161 Å². The molecule has 0 aromatic carbocycles. The Kier molecular flexibility index (Phi) is 42.3. The van der Waals surface area contributed by atoms with Crippen molar-refractivity contribution in [1.82, 2.24) is 0 Å². The van der Waals surface area contributed by atoms with Gasteiger partial charge in [-0.25, -0.2) is 0 Å². The number of unbranched alkanes of at least 4 members (excludes halogenated alkanes) is 30. The molecule has 2 aliphatic heterocycles. The van der Waals surface area contributed by atoms with Gasteiger partial charge in [-0.1, -0.05) is 212 Å². The molecule has 0 saturated carbocycles.